The third-order valence-electron chi connectivity index (χ3n) is 3.56. The smallest absolute Gasteiger partial charge is 0.407 e. The van der Waals surface area contributed by atoms with Crippen LogP contribution in [0, 0.1) is 11.8 Å². The largest absolute Gasteiger partial charge is 0.444 e. The van der Waals surface area contributed by atoms with Gasteiger partial charge in [0.2, 0.25) is 11.8 Å². The van der Waals surface area contributed by atoms with Crippen LogP contribution in [0.3, 0.4) is 0 Å². The van der Waals surface area contributed by atoms with E-state index in [1.807, 2.05) is 13.8 Å². The molecule has 0 fully saturated rings. The molecule has 1 rings (SSSR count). The third-order valence-corrected chi connectivity index (χ3v) is 3.79. The van der Waals surface area contributed by atoms with Gasteiger partial charge in [0, 0.05) is 18.5 Å². The molecule has 0 unspecified atom stereocenters. The molecule has 1 aromatic rings. The summed E-state index contributed by atoms with van der Waals surface area (Å²) in [5.41, 5.74) is 0.224. The van der Waals surface area contributed by atoms with Crippen molar-refractivity contribution >= 4 is 40.9 Å². The van der Waals surface area contributed by atoms with Gasteiger partial charge in [-0.2, -0.15) is 0 Å². The van der Waals surface area contributed by atoms with Gasteiger partial charge < -0.3 is 20.7 Å². The lowest BCUT2D eigenvalue weighted by molar-refractivity contribution is -0.121. The quantitative estimate of drug-likeness (QED) is 0.675. The van der Waals surface area contributed by atoms with Gasteiger partial charge in [-0.3, -0.25) is 9.59 Å². The molecule has 0 bridgehead atoms. The average molecular weight is 398 g/mol. The first-order valence-corrected chi connectivity index (χ1v) is 9.11. The van der Waals surface area contributed by atoms with E-state index in [4.69, 9.17) is 16.3 Å². The standard InChI is InChI=1S/C19H28ClN3O4/c1-11(2)14(10-21-18(26)27-19(4,5)6)17(25)23-16-9-13(20)7-8-15(16)22-12(3)24/h7-9,11,14H,10H2,1-6H3,(H,21,26)(H,22,24)(H,23,25)/t14-/m0/s1. The lowest BCUT2D eigenvalue weighted by Gasteiger charge is -2.24. The van der Waals surface area contributed by atoms with Gasteiger partial charge >= 0.3 is 6.09 Å². The maximum Gasteiger partial charge on any atom is 0.407 e. The summed E-state index contributed by atoms with van der Waals surface area (Å²) in [6, 6.07) is 4.79. The van der Waals surface area contributed by atoms with Crippen LogP contribution in [0.25, 0.3) is 0 Å². The van der Waals surface area contributed by atoms with Gasteiger partial charge in [0.25, 0.3) is 0 Å². The van der Waals surface area contributed by atoms with Crippen molar-refractivity contribution in [2.24, 2.45) is 11.8 Å². The second-order valence-electron chi connectivity index (χ2n) is 7.59. The highest BCUT2D eigenvalue weighted by molar-refractivity contribution is 6.31. The van der Waals surface area contributed by atoms with E-state index in [2.05, 4.69) is 16.0 Å². The maximum absolute atomic E-state index is 12.7. The van der Waals surface area contributed by atoms with Gasteiger partial charge in [-0.05, 0) is 44.9 Å². The summed E-state index contributed by atoms with van der Waals surface area (Å²) in [5.74, 6) is -1.10. The molecule has 1 aromatic carbocycles. The van der Waals surface area contributed by atoms with Gasteiger partial charge in [-0.1, -0.05) is 25.4 Å². The zero-order chi connectivity index (χ0) is 20.8. The highest BCUT2D eigenvalue weighted by Gasteiger charge is 2.25. The number of rotatable bonds is 6. The van der Waals surface area contributed by atoms with Crippen LogP contribution in [0.15, 0.2) is 18.2 Å². The van der Waals surface area contributed by atoms with Crippen molar-refractivity contribution < 1.29 is 19.1 Å². The Hall–Kier alpha value is -2.28. The Morgan fingerprint density at radius 3 is 2.26 bits per heavy atom. The van der Waals surface area contributed by atoms with Crippen LogP contribution in [0.5, 0.6) is 0 Å². The zero-order valence-corrected chi connectivity index (χ0v) is 17.4. The van der Waals surface area contributed by atoms with Crippen molar-refractivity contribution in [2.75, 3.05) is 17.2 Å². The zero-order valence-electron chi connectivity index (χ0n) is 16.6. The van der Waals surface area contributed by atoms with Gasteiger partial charge in [-0.25, -0.2) is 4.79 Å². The molecule has 8 heteroatoms. The number of anilines is 2. The van der Waals surface area contributed by atoms with Crippen molar-refractivity contribution in [3.63, 3.8) is 0 Å². The summed E-state index contributed by atoms with van der Waals surface area (Å²) in [5, 5.41) is 8.48. The summed E-state index contributed by atoms with van der Waals surface area (Å²) in [7, 11) is 0. The molecule has 7 nitrogen and oxygen atoms in total. The van der Waals surface area contributed by atoms with E-state index in [9.17, 15) is 14.4 Å². The summed E-state index contributed by atoms with van der Waals surface area (Å²) >= 11 is 6.01. The number of carbonyl (C=O) groups is 3. The SMILES string of the molecule is CC(=O)Nc1ccc(Cl)cc1NC(=O)[C@@H](CNC(=O)OC(C)(C)C)C(C)C. The summed E-state index contributed by atoms with van der Waals surface area (Å²) in [4.78, 5) is 36.0. The minimum absolute atomic E-state index is 0.0386. The number of hydrogen-bond donors (Lipinski definition) is 3. The van der Waals surface area contributed by atoms with Crippen LogP contribution in [-0.2, 0) is 14.3 Å². The lowest BCUT2D eigenvalue weighted by atomic mass is 9.94. The Labute approximate surface area is 165 Å². The number of alkyl carbamates (subject to hydrolysis) is 1. The molecule has 150 valence electrons. The predicted octanol–water partition coefficient (Wildman–Crippen LogP) is 4.03. The van der Waals surface area contributed by atoms with Gasteiger partial charge in [0.1, 0.15) is 5.60 Å². The van der Waals surface area contributed by atoms with Gasteiger partial charge in [0.15, 0.2) is 0 Å². The molecule has 0 aliphatic heterocycles. The summed E-state index contributed by atoms with van der Waals surface area (Å²) < 4.78 is 5.20. The van der Waals surface area contributed by atoms with Crippen LogP contribution < -0.4 is 16.0 Å². The van der Waals surface area contributed by atoms with Crippen LogP contribution in [-0.4, -0.2) is 30.1 Å². The number of benzene rings is 1. The van der Waals surface area contributed by atoms with E-state index in [0.717, 1.165) is 0 Å². The Kier molecular flexibility index (Phi) is 8.09. The Morgan fingerprint density at radius 2 is 1.74 bits per heavy atom. The Bertz CT molecular complexity index is 699. The van der Waals surface area contributed by atoms with Crippen molar-refractivity contribution in [2.45, 2.75) is 47.1 Å². The molecule has 27 heavy (non-hydrogen) atoms. The molecule has 0 radical (unpaired) electrons. The molecule has 0 saturated heterocycles. The Balaban J connectivity index is 2.86. The molecule has 0 spiro atoms. The number of hydrogen-bond acceptors (Lipinski definition) is 4. The minimum Gasteiger partial charge on any atom is -0.444 e. The highest BCUT2D eigenvalue weighted by atomic mass is 35.5. The molecular formula is C19H28ClN3O4. The van der Waals surface area contributed by atoms with E-state index in [1.165, 1.54) is 6.92 Å². The molecule has 0 heterocycles. The molecule has 3 N–H and O–H groups in total. The predicted molar refractivity (Wildman–Crippen MR) is 107 cm³/mol. The first kappa shape index (κ1) is 22.8. The van der Waals surface area contributed by atoms with E-state index in [-0.39, 0.29) is 24.3 Å². The number of halogens is 1. The Morgan fingerprint density at radius 1 is 1.11 bits per heavy atom. The van der Waals surface area contributed by atoms with E-state index >= 15 is 0 Å². The molecule has 0 aromatic heterocycles. The van der Waals surface area contributed by atoms with Crippen LogP contribution in [0.1, 0.15) is 41.5 Å². The van der Waals surface area contributed by atoms with E-state index in [1.54, 1.807) is 39.0 Å². The minimum atomic E-state index is -0.617. The normalized spacial score (nSPS) is 12.3. The molecule has 0 aliphatic rings. The van der Waals surface area contributed by atoms with Crippen LogP contribution in [0.2, 0.25) is 5.02 Å². The van der Waals surface area contributed by atoms with Crippen molar-refractivity contribution in [3.05, 3.63) is 23.2 Å². The van der Waals surface area contributed by atoms with Crippen molar-refractivity contribution in [1.29, 1.82) is 0 Å². The maximum atomic E-state index is 12.7. The fourth-order valence-electron chi connectivity index (χ4n) is 2.28. The fraction of sp³-hybridized carbons (Fsp3) is 0.526. The first-order valence-electron chi connectivity index (χ1n) is 8.74. The topological polar surface area (TPSA) is 96.5 Å². The first-order chi connectivity index (χ1) is 12.4. The molecular weight excluding hydrogens is 370 g/mol. The number of amides is 3. The van der Waals surface area contributed by atoms with Gasteiger partial charge in [0.05, 0.1) is 17.3 Å². The lowest BCUT2D eigenvalue weighted by Crippen LogP contribution is -2.40. The average Bonchev–Trinajstić information content (AvgIpc) is 2.47. The highest BCUT2D eigenvalue weighted by Crippen LogP contribution is 2.27. The van der Waals surface area contributed by atoms with Gasteiger partial charge in [-0.15, -0.1) is 0 Å². The summed E-state index contributed by atoms with van der Waals surface area (Å²) in [6.07, 6.45) is -0.581. The van der Waals surface area contributed by atoms with Crippen LogP contribution >= 0.6 is 11.6 Å². The van der Waals surface area contributed by atoms with E-state index < -0.39 is 17.6 Å². The molecule has 3 amide bonds. The third kappa shape index (κ3) is 8.30. The fourth-order valence-corrected chi connectivity index (χ4v) is 2.45. The monoisotopic (exact) mass is 397 g/mol. The molecule has 0 saturated carbocycles. The van der Waals surface area contributed by atoms with Crippen molar-refractivity contribution in [3.8, 4) is 0 Å². The second-order valence-corrected chi connectivity index (χ2v) is 8.03. The molecule has 1 atom stereocenters. The van der Waals surface area contributed by atoms with Crippen molar-refractivity contribution in [1.82, 2.24) is 5.32 Å². The number of carbonyl (C=O) groups excluding carboxylic acids is 3. The number of nitrogens with one attached hydrogen (secondary N) is 3. The van der Waals surface area contributed by atoms with Crippen LogP contribution in [0.4, 0.5) is 16.2 Å². The van der Waals surface area contributed by atoms with E-state index in [0.29, 0.717) is 16.4 Å². The second kappa shape index (κ2) is 9.60. The molecule has 0 aliphatic carbocycles. The number of ether oxygens (including phenoxy) is 1. The summed E-state index contributed by atoms with van der Waals surface area (Å²) in [6.45, 7) is 10.6.